The molecule has 3 heterocycles. The minimum Gasteiger partial charge on any atom is -0.368 e. The van der Waals surface area contributed by atoms with Gasteiger partial charge in [0.15, 0.2) is 11.6 Å². The highest BCUT2D eigenvalue weighted by atomic mass is 16.5. The average molecular weight is 324 g/mol. The molecule has 1 unspecified atom stereocenters. The van der Waals surface area contributed by atoms with Crippen LogP contribution in [0.1, 0.15) is 24.0 Å². The van der Waals surface area contributed by atoms with Gasteiger partial charge in [-0.3, -0.25) is 4.79 Å². The number of nitrogens with zero attached hydrogens (tertiary/aromatic N) is 3. The molecule has 0 radical (unpaired) electrons. The maximum Gasteiger partial charge on any atom is 0.254 e. The van der Waals surface area contributed by atoms with Gasteiger partial charge in [-0.15, -0.1) is 10.2 Å². The number of rotatable bonds is 3. The first-order valence-electron chi connectivity index (χ1n) is 8.37. The number of hydrogen-bond donors (Lipinski definition) is 1. The van der Waals surface area contributed by atoms with Crippen molar-refractivity contribution in [2.24, 2.45) is 0 Å². The van der Waals surface area contributed by atoms with Gasteiger partial charge in [-0.2, -0.15) is 0 Å². The van der Waals surface area contributed by atoms with Crippen LogP contribution >= 0.6 is 0 Å². The molecule has 0 saturated carbocycles. The highest BCUT2D eigenvalue weighted by molar-refractivity contribution is 5.93. The Morgan fingerprint density at radius 3 is 2.79 bits per heavy atom. The van der Waals surface area contributed by atoms with Gasteiger partial charge in [0.1, 0.15) is 6.10 Å². The molecule has 6 nitrogen and oxygen atoms in total. The Labute approximate surface area is 140 Å². The molecule has 1 fully saturated rings. The van der Waals surface area contributed by atoms with Crippen molar-refractivity contribution in [1.29, 1.82) is 0 Å². The van der Waals surface area contributed by atoms with Crippen LogP contribution in [-0.4, -0.2) is 35.4 Å². The van der Waals surface area contributed by atoms with E-state index >= 15 is 0 Å². The molecule has 0 aliphatic carbocycles. The van der Waals surface area contributed by atoms with Gasteiger partial charge in [0.2, 0.25) is 0 Å². The highest BCUT2D eigenvalue weighted by Crippen LogP contribution is 2.23. The standard InChI is InChI=1S/C18H20N4O2/c23-18(15-6-3-11-24-15)19-16-7-8-17(21-20-16)22-10-9-13-4-1-2-5-14(13)12-22/h1-2,4-5,7-8,15H,3,6,9-12H2,(H,19,20,23). The van der Waals surface area contributed by atoms with Crippen LogP contribution in [0, 0.1) is 0 Å². The molecule has 6 heteroatoms. The van der Waals surface area contributed by atoms with Crippen molar-refractivity contribution in [3.63, 3.8) is 0 Å². The van der Waals surface area contributed by atoms with E-state index in [-0.39, 0.29) is 12.0 Å². The Kier molecular flexibility index (Phi) is 4.13. The number of hydrogen-bond acceptors (Lipinski definition) is 5. The number of anilines is 2. The predicted octanol–water partition coefficient (Wildman–Crippen LogP) is 2.16. The highest BCUT2D eigenvalue weighted by Gasteiger charge is 2.24. The molecule has 1 saturated heterocycles. The van der Waals surface area contributed by atoms with Gasteiger partial charge in [-0.1, -0.05) is 24.3 Å². The van der Waals surface area contributed by atoms with Gasteiger partial charge in [0.25, 0.3) is 5.91 Å². The molecule has 2 aliphatic heterocycles. The molecule has 2 aliphatic rings. The lowest BCUT2D eigenvalue weighted by Crippen LogP contribution is -2.31. The normalized spacial score (nSPS) is 19.8. The van der Waals surface area contributed by atoms with Gasteiger partial charge < -0.3 is 15.0 Å². The maximum atomic E-state index is 12.0. The summed E-state index contributed by atoms with van der Waals surface area (Å²) in [5.41, 5.74) is 2.74. The molecule has 24 heavy (non-hydrogen) atoms. The molecule has 2 aromatic rings. The van der Waals surface area contributed by atoms with Crippen LogP contribution in [0.4, 0.5) is 11.6 Å². The summed E-state index contributed by atoms with van der Waals surface area (Å²) in [7, 11) is 0. The minimum atomic E-state index is -0.356. The van der Waals surface area contributed by atoms with E-state index in [0.717, 1.165) is 38.2 Å². The van der Waals surface area contributed by atoms with Crippen molar-refractivity contribution in [3.05, 3.63) is 47.5 Å². The second-order valence-corrected chi connectivity index (χ2v) is 6.21. The Balaban J connectivity index is 1.42. The van der Waals surface area contributed by atoms with Gasteiger partial charge in [0, 0.05) is 19.7 Å². The number of ether oxygens (including phenoxy) is 1. The van der Waals surface area contributed by atoms with E-state index in [0.29, 0.717) is 12.4 Å². The molecular formula is C18H20N4O2. The van der Waals surface area contributed by atoms with E-state index in [2.05, 4.69) is 44.7 Å². The number of carbonyl (C=O) groups excluding carboxylic acids is 1. The van der Waals surface area contributed by atoms with E-state index in [9.17, 15) is 4.79 Å². The zero-order valence-electron chi connectivity index (χ0n) is 13.4. The number of carbonyl (C=O) groups is 1. The maximum absolute atomic E-state index is 12.0. The molecule has 1 aromatic heterocycles. The first-order chi connectivity index (χ1) is 11.8. The Morgan fingerprint density at radius 1 is 1.17 bits per heavy atom. The second-order valence-electron chi connectivity index (χ2n) is 6.21. The summed E-state index contributed by atoms with van der Waals surface area (Å²) in [5, 5.41) is 11.2. The predicted molar refractivity (Wildman–Crippen MR) is 90.8 cm³/mol. The number of nitrogens with one attached hydrogen (secondary N) is 1. The molecule has 1 amide bonds. The molecule has 4 rings (SSSR count). The van der Waals surface area contributed by atoms with E-state index in [1.807, 2.05) is 6.07 Å². The summed E-state index contributed by atoms with van der Waals surface area (Å²) >= 11 is 0. The topological polar surface area (TPSA) is 67.4 Å². The van der Waals surface area contributed by atoms with Crippen LogP contribution in [-0.2, 0) is 22.5 Å². The zero-order valence-corrected chi connectivity index (χ0v) is 13.4. The number of benzene rings is 1. The number of aromatic nitrogens is 2. The van der Waals surface area contributed by atoms with E-state index in [1.54, 1.807) is 6.07 Å². The Bertz CT molecular complexity index is 726. The Hall–Kier alpha value is -2.47. The van der Waals surface area contributed by atoms with Crippen LogP contribution in [0.15, 0.2) is 36.4 Å². The van der Waals surface area contributed by atoms with Crippen molar-refractivity contribution in [2.45, 2.75) is 31.9 Å². The molecule has 1 aromatic carbocycles. The van der Waals surface area contributed by atoms with Gasteiger partial charge in [-0.05, 0) is 42.5 Å². The van der Waals surface area contributed by atoms with Crippen LogP contribution in [0.2, 0.25) is 0 Å². The third-order valence-corrected chi connectivity index (χ3v) is 4.58. The fraction of sp³-hybridized carbons (Fsp3) is 0.389. The lowest BCUT2D eigenvalue weighted by atomic mass is 10.00. The fourth-order valence-electron chi connectivity index (χ4n) is 3.24. The Morgan fingerprint density at radius 2 is 2.04 bits per heavy atom. The monoisotopic (exact) mass is 324 g/mol. The van der Waals surface area contributed by atoms with Crippen LogP contribution in [0.5, 0.6) is 0 Å². The van der Waals surface area contributed by atoms with Gasteiger partial charge >= 0.3 is 0 Å². The summed E-state index contributed by atoms with van der Waals surface area (Å²) in [6.07, 6.45) is 2.35. The van der Waals surface area contributed by atoms with Crippen molar-refractivity contribution < 1.29 is 9.53 Å². The quantitative estimate of drug-likeness (QED) is 0.937. The first-order valence-corrected chi connectivity index (χ1v) is 8.37. The molecule has 124 valence electrons. The third kappa shape index (κ3) is 3.10. The molecule has 0 bridgehead atoms. The van der Waals surface area contributed by atoms with E-state index in [1.165, 1.54) is 11.1 Å². The number of fused-ring (bicyclic) bond motifs is 1. The SMILES string of the molecule is O=C(Nc1ccc(N2CCc3ccccc3C2)nn1)C1CCCO1. The van der Waals surface area contributed by atoms with Crippen molar-refractivity contribution in [3.8, 4) is 0 Å². The van der Waals surface area contributed by atoms with Gasteiger partial charge in [-0.25, -0.2) is 0 Å². The van der Waals surface area contributed by atoms with Crippen LogP contribution < -0.4 is 10.2 Å². The lowest BCUT2D eigenvalue weighted by Gasteiger charge is -2.29. The van der Waals surface area contributed by atoms with Crippen LogP contribution in [0.3, 0.4) is 0 Å². The number of amides is 1. The largest absolute Gasteiger partial charge is 0.368 e. The summed E-state index contributed by atoms with van der Waals surface area (Å²) in [5.74, 6) is 1.16. The third-order valence-electron chi connectivity index (χ3n) is 4.58. The van der Waals surface area contributed by atoms with E-state index < -0.39 is 0 Å². The molecule has 0 spiro atoms. The van der Waals surface area contributed by atoms with Crippen molar-refractivity contribution in [1.82, 2.24) is 10.2 Å². The lowest BCUT2D eigenvalue weighted by molar-refractivity contribution is -0.124. The molecule has 1 atom stereocenters. The molecular weight excluding hydrogens is 304 g/mol. The van der Waals surface area contributed by atoms with Gasteiger partial charge in [0.05, 0.1) is 0 Å². The van der Waals surface area contributed by atoms with Crippen LogP contribution in [0.25, 0.3) is 0 Å². The summed E-state index contributed by atoms with van der Waals surface area (Å²) in [6.45, 7) is 2.42. The van der Waals surface area contributed by atoms with Crippen molar-refractivity contribution >= 4 is 17.5 Å². The fourth-order valence-corrected chi connectivity index (χ4v) is 3.24. The van der Waals surface area contributed by atoms with E-state index in [4.69, 9.17) is 4.74 Å². The second kappa shape index (κ2) is 6.57. The molecule has 1 N–H and O–H groups in total. The first kappa shape index (κ1) is 15.1. The summed E-state index contributed by atoms with van der Waals surface area (Å²) in [4.78, 5) is 14.2. The summed E-state index contributed by atoms with van der Waals surface area (Å²) in [6, 6.07) is 12.2. The zero-order chi connectivity index (χ0) is 16.4. The summed E-state index contributed by atoms with van der Waals surface area (Å²) < 4.78 is 5.37. The average Bonchev–Trinajstić information content (AvgIpc) is 3.17. The minimum absolute atomic E-state index is 0.138. The van der Waals surface area contributed by atoms with Crippen molar-refractivity contribution in [2.75, 3.05) is 23.4 Å². The smallest absolute Gasteiger partial charge is 0.254 e.